The molecule has 5 aliphatic rings. The summed E-state index contributed by atoms with van der Waals surface area (Å²) in [7, 11) is 5.56. The number of carbonyl (C=O) groups excluding carboxylic acids is 5. The molecule has 42 heavy (non-hydrogen) atoms. The maximum Gasteiger partial charge on any atom is 0.201 e. The van der Waals surface area contributed by atoms with Gasteiger partial charge in [0, 0.05) is 41.2 Å². The van der Waals surface area contributed by atoms with E-state index in [1.165, 1.54) is 52.7 Å². The van der Waals surface area contributed by atoms with E-state index in [1.54, 1.807) is 0 Å². The molecule has 0 saturated heterocycles. The maximum absolute atomic E-state index is 14.8. The lowest BCUT2D eigenvalue weighted by Crippen LogP contribution is -2.52. The van der Waals surface area contributed by atoms with Crippen LogP contribution in [0.3, 0.4) is 0 Å². The summed E-state index contributed by atoms with van der Waals surface area (Å²) in [5.41, 5.74) is -1.98. The number of carbonyl (C=O) groups is 5. The van der Waals surface area contributed by atoms with E-state index in [2.05, 4.69) is 0 Å². The normalized spacial score (nSPS) is 27.2. The van der Waals surface area contributed by atoms with Crippen LogP contribution < -0.4 is 18.9 Å². The lowest BCUT2D eigenvalue weighted by Gasteiger charge is -2.45. The highest BCUT2D eigenvalue weighted by Crippen LogP contribution is 2.69. The van der Waals surface area contributed by atoms with Crippen LogP contribution in [0.5, 0.6) is 23.0 Å². The number of aliphatic hydroxyl groups is 1. The zero-order valence-electron chi connectivity index (χ0n) is 23.3. The smallest absolute Gasteiger partial charge is 0.201 e. The van der Waals surface area contributed by atoms with E-state index in [-0.39, 0.29) is 75.5 Å². The molecule has 2 fully saturated rings. The van der Waals surface area contributed by atoms with Crippen LogP contribution >= 0.6 is 0 Å². The Kier molecular flexibility index (Phi) is 5.39. The highest BCUT2D eigenvalue weighted by Gasteiger charge is 2.72. The van der Waals surface area contributed by atoms with Gasteiger partial charge in [0.25, 0.3) is 0 Å². The zero-order chi connectivity index (χ0) is 29.8. The van der Waals surface area contributed by atoms with E-state index in [1.807, 2.05) is 0 Å². The van der Waals surface area contributed by atoms with Crippen LogP contribution in [0.25, 0.3) is 5.76 Å². The number of Topliss-reactive ketones (excluding diaryl/α,β-unsaturated/α-hetero) is 5. The standard InChI is InChI=1S/C32H26O10/c1-39-12-7-15-22(20(9-12)41-3)29(36)25-24(27(15)34)14-11-18(28(25)35)32-17(14)5-6-19(33)26(32)30(37)23-16(31(32)38)8-13(40-2)10-21(23)42-4/h7-10,14,17-18,37H,5-6,11H2,1-4H3. The van der Waals surface area contributed by atoms with Gasteiger partial charge in [-0.05, 0) is 36.8 Å². The summed E-state index contributed by atoms with van der Waals surface area (Å²) in [6.45, 7) is 0. The van der Waals surface area contributed by atoms with Gasteiger partial charge >= 0.3 is 0 Å². The first-order valence-corrected chi connectivity index (χ1v) is 13.6. The summed E-state index contributed by atoms with van der Waals surface area (Å²) in [4.78, 5) is 71.0. The molecule has 1 spiro atoms. The van der Waals surface area contributed by atoms with Crippen LogP contribution in [0.1, 0.15) is 55.9 Å². The van der Waals surface area contributed by atoms with E-state index in [0.29, 0.717) is 5.75 Å². The molecule has 1 N–H and O–H groups in total. The Balaban J connectivity index is 1.48. The van der Waals surface area contributed by atoms with Crippen LogP contribution in [0.15, 0.2) is 41.0 Å². The van der Waals surface area contributed by atoms with Crippen LogP contribution in [0.2, 0.25) is 0 Å². The summed E-state index contributed by atoms with van der Waals surface area (Å²) in [6, 6.07) is 5.88. The van der Waals surface area contributed by atoms with Gasteiger partial charge in [0.05, 0.1) is 56.1 Å². The minimum Gasteiger partial charge on any atom is -0.507 e. The SMILES string of the molecule is COc1cc(OC)c2c(c1)C(=O)C1=C(C2=O)C(=O)C2CC1C1CCC(=O)C3=C(O)c4c(OC)cc(OC)cc4C(=O)C321. The van der Waals surface area contributed by atoms with Gasteiger partial charge in [-0.2, -0.15) is 0 Å². The topological polar surface area (TPSA) is 143 Å². The fourth-order valence-electron chi connectivity index (χ4n) is 8.21. The van der Waals surface area contributed by atoms with E-state index in [4.69, 9.17) is 18.9 Å². The third-order valence-electron chi connectivity index (χ3n) is 9.79. The maximum atomic E-state index is 14.8. The fraction of sp³-hybridized carbons (Fsp3) is 0.344. The molecule has 2 aromatic carbocycles. The molecule has 10 nitrogen and oxygen atoms in total. The van der Waals surface area contributed by atoms with Crippen molar-refractivity contribution < 1.29 is 48.0 Å². The highest BCUT2D eigenvalue weighted by atomic mass is 16.5. The lowest BCUT2D eigenvalue weighted by atomic mass is 9.53. The third-order valence-corrected chi connectivity index (χ3v) is 9.79. The second-order valence-electron chi connectivity index (χ2n) is 11.2. The number of hydrogen-bond acceptors (Lipinski definition) is 10. The Morgan fingerprint density at radius 1 is 0.786 bits per heavy atom. The van der Waals surface area contributed by atoms with Gasteiger partial charge in [0.1, 0.15) is 28.8 Å². The molecule has 4 unspecified atom stereocenters. The van der Waals surface area contributed by atoms with Gasteiger partial charge in [-0.15, -0.1) is 0 Å². The van der Waals surface area contributed by atoms with Crippen LogP contribution in [0.4, 0.5) is 0 Å². The van der Waals surface area contributed by atoms with Crippen LogP contribution in [0, 0.1) is 23.2 Å². The van der Waals surface area contributed by atoms with Gasteiger partial charge in [-0.25, -0.2) is 0 Å². The highest BCUT2D eigenvalue weighted by molar-refractivity contribution is 6.39. The minimum absolute atomic E-state index is 0.00723. The second kappa shape index (κ2) is 8.64. The van der Waals surface area contributed by atoms with Crippen LogP contribution in [-0.2, 0) is 9.59 Å². The number of rotatable bonds is 4. The fourth-order valence-corrected chi connectivity index (χ4v) is 8.21. The summed E-state index contributed by atoms with van der Waals surface area (Å²) < 4.78 is 21.6. The summed E-state index contributed by atoms with van der Waals surface area (Å²) in [5, 5.41) is 11.7. The Labute approximate surface area is 239 Å². The largest absolute Gasteiger partial charge is 0.507 e. The number of aliphatic hydroxyl groups excluding tert-OH is 1. The molecule has 0 heterocycles. The van der Waals surface area contributed by atoms with E-state index in [0.717, 1.165) is 0 Å². The van der Waals surface area contributed by atoms with Gasteiger partial charge in [-0.1, -0.05) is 0 Å². The minimum atomic E-state index is -1.75. The molecule has 4 atom stereocenters. The molecule has 0 aliphatic heterocycles. The van der Waals surface area contributed by atoms with E-state index < -0.39 is 57.8 Å². The van der Waals surface area contributed by atoms with Crippen molar-refractivity contribution >= 4 is 34.7 Å². The molecule has 214 valence electrons. The molecule has 0 amide bonds. The van der Waals surface area contributed by atoms with Crippen molar-refractivity contribution in [2.45, 2.75) is 19.3 Å². The van der Waals surface area contributed by atoms with Crippen molar-refractivity contribution in [3.63, 3.8) is 0 Å². The van der Waals surface area contributed by atoms with Gasteiger partial charge in [0.2, 0.25) is 5.78 Å². The third kappa shape index (κ3) is 2.86. The quantitative estimate of drug-likeness (QED) is 0.540. The molecule has 0 radical (unpaired) electrons. The molecule has 7 rings (SSSR count). The number of fused-ring (bicyclic) bond motifs is 6. The number of allylic oxidation sites excluding steroid dienone is 3. The Morgan fingerprint density at radius 2 is 1.40 bits per heavy atom. The Morgan fingerprint density at radius 3 is 2.02 bits per heavy atom. The predicted molar refractivity (Wildman–Crippen MR) is 145 cm³/mol. The predicted octanol–water partition coefficient (Wildman–Crippen LogP) is 3.75. The monoisotopic (exact) mass is 570 g/mol. The first-order chi connectivity index (χ1) is 20.1. The van der Waals surface area contributed by atoms with Crippen LogP contribution in [-0.4, -0.2) is 62.5 Å². The number of ketones is 5. The Bertz CT molecular complexity index is 1780. The zero-order valence-corrected chi connectivity index (χ0v) is 23.3. The Hall–Kier alpha value is -4.73. The van der Waals surface area contributed by atoms with E-state index in [9.17, 15) is 29.1 Å². The van der Waals surface area contributed by atoms with Crippen molar-refractivity contribution in [2.75, 3.05) is 28.4 Å². The molecular weight excluding hydrogens is 544 g/mol. The van der Waals surface area contributed by atoms with Crippen molar-refractivity contribution in [3.8, 4) is 23.0 Å². The van der Waals surface area contributed by atoms with Crippen molar-refractivity contribution in [1.29, 1.82) is 0 Å². The lowest BCUT2D eigenvalue weighted by molar-refractivity contribution is -0.123. The molecule has 5 aliphatic carbocycles. The van der Waals surface area contributed by atoms with Gasteiger partial charge in [0.15, 0.2) is 23.1 Å². The molecule has 2 saturated carbocycles. The molecule has 2 bridgehead atoms. The average Bonchev–Trinajstić information content (AvgIpc) is 3.30. The number of benzene rings is 2. The average molecular weight is 571 g/mol. The van der Waals surface area contributed by atoms with Gasteiger partial charge < -0.3 is 24.1 Å². The first kappa shape index (κ1) is 26.2. The van der Waals surface area contributed by atoms with Crippen molar-refractivity contribution in [1.82, 2.24) is 0 Å². The second-order valence-corrected chi connectivity index (χ2v) is 11.2. The number of ether oxygens (including phenoxy) is 4. The van der Waals surface area contributed by atoms with Crippen molar-refractivity contribution in [2.24, 2.45) is 23.2 Å². The van der Waals surface area contributed by atoms with Crippen molar-refractivity contribution in [3.05, 3.63) is 63.2 Å². The molecular formula is C32H26O10. The van der Waals surface area contributed by atoms with E-state index >= 15 is 0 Å². The molecule has 0 aromatic heterocycles. The van der Waals surface area contributed by atoms with Gasteiger partial charge in [-0.3, -0.25) is 24.0 Å². The molecule has 2 aromatic rings. The molecule has 10 heteroatoms. The summed E-state index contributed by atoms with van der Waals surface area (Å²) in [5.74, 6) is -4.93. The number of hydrogen-bond donors (Lipinski definition) is 1. The first-order valence-electron chi connectivity index (χ1n) is 13.6. The summed E-state index contributed by atoms with van der Waals surface area (Å²) in [6.07, 6.45) is 0.302. The summed E-state index contributed by atoms with van der Waals surface area (Å²) >= 11 is 0. The number of methoxy groups -OCH3 is 4.